The average molecular weight is 328 g/mol. The third kappa shape index (κ3) is 10.5. The quantitative estimate of drug-likeness (QED) is 0.225. The summed E-state index contributed by atoms with van der Waals surface area (Å²) < 4.78 is 19.4. The average Bonchev–Trinajstić information content (AvgIpc) is 2.52. The maximum Gasteiger partial charge on any atom is 0.374 e. The monoisotopic (exact) mass is 328 g/mol. The van der Waals surface area contributed by atoms with E-state index in [2.05, 4.69) is 4.74 Å². The first kappa shape index (κ1) is 21.1. The summed E-state index contributed by atoms with van der Waals surface area (Å²) >= 11 is 0. The van der Waals surface area contributed by atoms with Crippen LogP contribution in [0.5, 0.6) is 0 Å². The lowest BCUT2D eigenvalue weighted by atomic mass is 10.0. The summed E-state index contributed by atoms with van der Waals surface area (Å²) in [5.41, 5.74) is 0. The van der Waals surface area contributed by atoms with E-state index in [1.807, 2.05) is 0 Å². The highest BCUT2D eigenvalue weighted by atomic mass is 16.6. The van der Waals surface area contributed by atoms with Gasteiger partial charge in [-0.05, 0) is 6.92 Å². The van der Waals surface area contributed by atoms with E-state index in [-0.39, 0.29) is 32.4 Å². The molecule has 0 spiro atoms. The van der Waals surface area contributed by atoms with Crippen molar-refractivity contribution in [1.82, 2.24) is 0 Å². The van der Waals surface area contributed by atoms with Crippen LogP contribution in [0.4, 0.5) is 0 Å². The van der Waals surface area contributed by atoms with E-state index < -0.39 is 35.9 Å². The Labute approximate surface area is 136 Å². The number of ether oxygens (including phenoxy) is 4. The summed E-state index contributed by atoms with van der Waals surface area (Å²) in [5, 5.41) is 0. The van der Waals surface area contributed by atoms with Gasteiger partial charge in [-0.3, -0.25) is 14.4 Å². The Hall–Kier alpha value is -1.90. The Balaban J connectivity index is 3.98. The topological polar surface area (TPSA) is 105 Å². The van der Waals surface area contributed by atoms with Crippen LogP contribution in [0.1, 0.15) is 26.7 Å². The molecule has 9 heteroatoms. The van der Waals surface area contributed by atoms with Gasteiger partial charge in [0.25, 0.3) is 0 Å². The molecule has 23 heavy (non-hydrogen) atoms. The van der Waals surface area contributed by atoms with Crippen LogP contribution < -0.4 is 0 Å². The van der Waals surface area contributed by atoms with Crippen LogP contribution in [0.25, 0.3) is 0 Å². The molecule has 2 radical (unpaired) electrons. The molecule has 0 aliphatic carbocycles. The second-order valence-electron chi connectivity index (χ2n) is 4.73. The zero-order valence-electron chi connectivity index (χ0n) is 13.5. The van der Waals surface area contributed by atoms with Crippen LogP contribution >= 0.6 is 0 Å². The Morgan fingerprint density at radius 1 is 1.00 bits per heavy atom. The van der Waals surface area contributed by atoms with Gasteiger partial charge in [-0.25, -0.2) is 4.79 Å². The first-order chi connectivity index (χ1) is 10.8. The fourth-order valence-electron chi connectivity index (χ4n) is 1.25. The van der Waals surface area contributed by atoms with Gasteiger partial charge in [0.15, 0.2) is 0 Å². The lowest BCUT2D eigenvalue weighted by molar-refractivity contribution is -0.159. The molecule has 0 saturated heterocycles. The Morgan fingerprint density at radius 3 is 2.09 bits per heavy atom. The molecule has 0 bridgehead atoms. The molecule has 0 amide bonds. The largest absolute Gasteiger partial charge is 0.463 e. The van der Waals surface area contributed by atoms with Gasteiger partial charge < -0.3 is 18.9 Å². The highest BCUT2D eigenvalue weighted by Crippen LogP contribution is 2.03. The van der Waals surface area contributed by atoms with Gasteiger partial charge in [-0.15, -0.1) is 0 Å². The summed E-state index contributed by atoms with van der Waals surface area (Å²) in [4.78, 5) is 44.6. The number of esters is 3. The van der Waals surface area contributed by atoms with E-state index in [4.69, 9.17) is 22.1 Å². The summed E-state index contributed by atoms with van der Waals surface area (Å²) in [6.45, 7) is 2.32. The van der Waals surface area contributed by atoms with Crippen LogP contribution in [0.2, 0.25) is 6.32 Å². The van der Waals surface area contributed by atoms with Gasteiger partial charge in [-0.2, -0.15) is 0 Å². The van der Waals surface area contributed by atoms with Crippen molar-refractivity contribution < 1.29 is 38.1 Å². The number of hydrogen-bond donors (Lipinski definition) is 0. The number of methoxy groups -OCH3 is 1. The SMILES string of the molecule is [B]CC(C)OC(=O)CCC(=O)OCC(COC(=O)C(C)=O)OC. The molecule has 0 aliphatic heterocycles. The van der Waals surface area contributed by atoms with Crippen molar-refractivity contribution in [2.24, 2.45) is 0 Å². The Bertz CT molecular complexity index is 423. The highest BCUT2D eigenvalue weighted by Gasteiger charge is 2.17. The Kier molecular flexibility index (Phi) is 10.7. The van der Waals surface area contributed by atoms with Crippen LogP contribution in [0.15, 0.2) is 0 Å². The molecule has 0 aliphatic rings. The van der Waals surface area contributed by atoms with Crippen molar-refractivity contribution in [2.45, 2.75) is 45.2 Å². The zero-order valence-corrected chi connectivity index (χ0v) is 13.5. The van der Waals surface area contributed by atoms with Gasteiger partial charge in [0.05, 0.1) is 26.8 Å². The molecule has 0 aromatic heterocycles. The van der Waals surface area contributed by atoms with Crippen molar-refractivity contribution in [3.8, 4) is 0 Å². The molecule has 2 atom stereocenters. The molecule has 2 unspecified atom stereocenters. The maximum absolute atomic E-state index is 11.5. The van der Waals surface area contributed by atoms with Crippen molar-refractivity contribution in [3.63, 3.8) is 0 Å². The normalized spacial score (nSPS) is 12.8. The second-order valence-corrected chi connectivity index (χ2v) is 4.73. The van der Waals surface area contributed by atoms with E-state index in [9.17, 15) is 19.2 Å². The van der Waals surface area contributed by atoms with Gasteiger partial charge in [-0.1, -0.05) is 6.32 Å². The molecule has 0 fully saturated rings. The second kappa shape index (κ2) is 11.6. The van der Waals surface area contributed by atoms with Gasteiger partial charge >= 0.3 is 17.9 Å². The Morgan fingerprint density at radius 2 is 1.57 bits per heavy atom. The predicted molar refractivity (Wildman–Crippen MR) is 78.7 cm³/mol. The molecule has 8 nitrogen and oxygen atoms in total. The van der Waals surface area contributed by atoms with E-state index in [0.29, 0.717) is 0 Å². The van der Waals surface area contributed by atoms with Gasteiger partial charge in [0.2, 0.25) is 5.78 Å². The number of rotatable bonds is 11. The molecular weight excluding hydrogens is 307 g/mol. The minimum atomic E-state index is -0.991. The van der Waals surface area contributed by atoms with Crippen molar-refractivity contribution in [2.75, 3.05) is 20.3 Å². The van der Waals surface area contributed by atoms with E-state index in [1.54, 1.807) is 6.92 Å². The summed E-state index contributed by atoms with van der Waals surface area (Å²) in [6, 6.07) is 0. The maximum atomic E-state index is 11.5. The number of Topliss-reactive ketones (excluding diaryl/α,β-unsaturated/α-hetero) is 1. The number of carbonyl (C=O) groups is 4. The van der Waals surface area contributed by atoms with Crippen molar-refractivity contribution in [3.05, 3.63) is 0 Å². The smallest absolute Gasteiger partial charge is 0.374 e. The van der Waals surface area contributed by atoms with Gasteiger partial charge in [0.1, 0.15) is 19.3 Å². The number of hydrogen-bond acceptors (Lipinski definition) is 8. The number of carbonyl (C=O) groups excluding carboxylic acids is 4. The van der Waals surface area contributed by atoms with Crippen molar-refractivity contribution in [1.29, 1.82) is 0 Å². The van der Waals surface area contributed by atoms with Crippen molar-refractivity contribution >= 4 is 31.5 Å². The third-order valence-corrected chi connectivity index (χ3v) is 2.65. The molecule has 0 N–H and O–H groups in total. The molecule has 0 saturated carbocycles. The molecular formula is C14H21BO8. The number of ketones is 1. The lowest BCUT2D eigenvalue weighted by Gasteiger charge is -2.15. The van der Waals surface area contributed by atoms with E-state index in [1.165, 1.54) is 7.11 Å². The van der Waals surface area contributed by atoms with Crippen LogP contribution in [0, 0.1) is 0 Å². The molecule has 0 heterocycles. The minimum absolute atomic E-state index is 0.125. The van der Waals surface area contributed by atoms with E-state index in [0.717, 1.165) is 6.92 Å². The third-order valence-electron chi connectivity index (χ3n) is 2.65. The fourth-order valence-corrected chi connectivity index (χ4v) is 1.25. The molecule has 0 aromatic carbocycles. The summed E-state index contributed by atoms with van der Waals surface area (Å²) in [5.74, 6) is -2.89. The minimum Gasteiger partial charge on any atom is -0.463 e. The van der Waals surface area contributed by atoms with Crippen LogP contribution in [0.3, 0.4) is 0 Å². The lowest BCUT2D eigenvalue weighted by Crippen LogP contribution is -2.29. The standard InChI is InChI=1S/C14H21BO8/c1-9(6-15)23-13(18)5-4-12(17)21-7-11(20-3)8-22-14(19)10(2)16/h9,11H,4-8H2,1-3H3. The highest BCUT2D eigenvalue weighted by molar-refractivity contribution is 6.32. The zero-order chi connectivity index (χ0) is 17.8. The fraction of sp³-hybridized carbons (Fsp3) is 0.714. The van der Waals surface area contributed by atoms with E-state index >= 15 is 0 Å². The first-order valence-electron chi connectivity index (χ1n) is 7.05. The summed E-state index contributed by atoms with van der Waals surface area (Å²) in [6.07, 6.45) is -1.19. The molecule has 0 rings (SSSR count). The van der Waals surface area contributed by atoms with Gasteiger partial charge in [0, 0.05) is 14.0 Å². The molecule has 128 valence electrons. The first-order valence-corrected chi connectivity index (χ1v) is 7.05. The van der Waals surface area contributed by atoms with Crippen LogP contribution in [-0.4, -0.2) is 64.1 Å². The molecule has 0 aromatic rings. The summed E-state index contributed by atoms with van der Waals surface area (Å²) in [7, 11) is 6.64. The predicted octanol–water partition coefficient (Wildman–Crippen LogP) is -0.0245. The van der Waals surface area contributed by atoms with Crippen LogP contribution in [-0.2, 0) is 38.1 Å².